The van der Waals surface area contributed by atoms with Crippen LogP contribution in [-0.4, -0.2) is 18.1 Å². The first kappa shape index (κ1) is 17.4. The maximum absolute atomic E-state index is 6.66. The van der Waals surface area contributed by atoms with Crippen molar-refractivity contribution in [3.8, 4) is 0 Å². The second-order valence-corrected chi connectivity index (χ2v) is 13.0. The average molecular weight is 275 g/mol. The molecule has 3 heteroatoms. The lowest BCUT2D eigenvalue weighted by Gasteiger charge is -2.28. The maximum Gasteiger partial charge on any atom is 0.165 e. The summed E-state index contributed by atoms with van der Waals surface area (Å²) in [5.74, 6) is 0. The summed E-state index contributed by atoms with van der Waals surface area (Å²) >= 11 is 0. The van der Waals surface area contributed by atoms with Crippen LogP contribution >= 0.6 is 0 Å². The smallest absolute Gasteiger partial charge is 0.165 e. The number of unbranched alkanes of at least 4 members (excludes halogenated alkanes) is 2. The fourth-order valence-electron chi connectivity index (χ4n) is 2.15. The van der Waals surface area contributed by atoms with Gasteiger partial charge in [0.25, 0.3) is 0 Å². The summed E-state index contributed by atoms with van der Waals surface area (Å²) in [7, 11) is -1.84. The molecule has 0 saturated heterocycles. The molecule has 17 heavy (non-hydrogen) atoms. The van der Waals surface area contributed by atoms with Crippen molar-refractivity contribution >= 4 is 18.1 Å². The molecule has 0 aliphatic carbocycles. The SMILES string of the molecule is CCCC[SiH](O[SiH](CCCC)C(C)C)C(C)C. The van der Waals surface area contributed by atoms with E-state index in [1.165, 1.54) is 37.8 Å². The summed E-state index contributed by atoms with van der Waals surface area (Å²) in [5.41, 5.74) is 1.63. The third-order valence-corrected chi connectivity index (χ3v) is 11.2. The van der Waals surface area contributed by atoms with E-state index in [2.05, 4.69) is 41.5 Å². The van der Waals surface area contributed by atoms with Crippen LogP contribution in [0.4, 0.5) is 0 Å². The fourth-order valence-corrected chi connectivity index (χ4v) is 10.5. The van der Waals surface area contributed by atoms with Crippen LogP contribution in [0.1, 0.15) is 67.2 Å². The minimum Gasteiger partial charge on any atom is -0.459 e. The zero-order valence-electron chi connectivity index (χ0n) is 13.0. The molecule has 104 valence electrons. The lowest BCUT2D eigenvalue weighted by molar-refractivity contribution is 0.534. The predicted molar refractivity (Wildman–Crippen MR) is 85.0 cm³/mol. The predicted octanol–water partition coefficient (Wildman–Crippen LogP) is 4.87. The fraction of sp³-hybridized carbons (Fsp3) is 1.00. The number of rotatable bonds is 10. The first-order chi connectivity index (χ1) is 8.02. The van der Waals surface area contributed by atoms with E-state index in [0.717, 1.165) is 11.1 Å². The highest BCUT2D eigenvalue weighted by Crippen LogP contribution is 2.23. The van der Waals surface area contributed by atoms with Crippen molar-refractivity contribution in [2.45, 2.75) is 90.4 Å². The third kappa shape index (κ3) is 8.17. The van der Waals surface area contributed by atoms with Gasteiger partial charge in [0.05, 0.1) is 0 Å². The van der Waals surface area contributed by atoms with Crippen LogP contribution in [0.25, 0.3) is 0 Å². The lowest BCUT2D eigenvalue weighted by atomic mass is 10.4. The van der Waals surface area contributed by atoms with Crippen LogP contribution in [0, 0.1) is 0 Å². The Kier molecular flexibility index (Phi) is 10.6. The Morgan fingerprint density at radius 1 is 0.765 bits per heavy atom. The van der Waals surface area contributed by atoms with Crippen LogP contribution in [0.5, 0.6) is 0 Å². The molecule has 0 fully saturated rings. The third-order valence-electron chi connectivity index (χ3n) is 3.52. The minimum absolute atomic E-state index is 0.817. The molecule has 0 heterocycles. The normalized spacial score (nSPS) is 15.5. The largest absolute Gasteiger partial charge is 0.459 e. The van der Waals surface area contributed by atoms with Crippen molar-refractivity contribution in [3.05, 3.63) is 0 Å². The van der Waals surface area contributed by atoms with Crippen molar-refractivity contribution in [2.75, 3.05) is 0 Å². The highest BCUT2D eigenvalue weighted by molar-refractivity contribution is 6.67. The summed E-state index contributed by atoms with van der Waals surface area (Å²) in [5, 5.41) is 0. The molecule has 0 N–H and O–H groups in total. The van der Waals surface area contributed by atoms with Gasteiger partial charge in [0.15, 0.2) is 18.1 Å². The van der Waals surface area contributed by atoms with Gasteiger partial charge in [-0.3, -0.25) is 0 Å². The molecule has 0 aliphatic heterocycles. The Balaban J connectivity index is 4.23. The Bertz CT molecular complexity index is 154. The van der Waals surface area contributed by atoms with Gasteiger partial charge < -0.3 is 4.12 Å². The van der Waals surface area contributed by atoms with Gasteiger partial charge in [-0.15, -0.1) is 0 Å². The van der Waals surface area contributed by atoms with Gasteiger partial charge in [0.2, 0.25) is 0 Å². The van der Waals surface area contributed by atoms with Crippen molar-refractivity contribution < 1.29 is 4.12 Å². The van der Waals surface area contributed by atoms with E-state index in [1.807, 2.05) is 0 Å². The molecule has 0 spiro atoms. The van der Waals surface area contributed by atoms with Crippen LogP contribution < -0.4 is 0 Å². The summed E-state index contributed by atoms with van der Waals surface area (Å²) in [6, 6.07) is 2.80. The number of hydrogen-bond donors (Lipinski definition) is 0. The molecular weight excluding hydrogens is 240 g/mol. The molecular formula is C14H34OSi2. The van der Waals surface area contributed by atoms with Gasteiger partial charge in [-0.05, 0) is 23.2 Å². The van der Waals surface area contributed by atoms with Gasteiger partial charge in [-0.25, -0.2) is 0 Å². The first-order valence-electron chi connectivity index (χ1n) is 7.68. The molecule has 0 aromatic rings. The van der Waals surface area contributed by atoms with E-state index in [-0.39, 0.29) is 0 Å². The molecule has 0 aromatic heterocycles. The molecule has 2 unspecified atom stereocenters. The van der Waals surface area contributed by atoms with Gasteiger partial charge in [0.1, 0.15) is 0 Å². The highest BCUT2D eigenvalue weighted by atomic mass is 28.4. The van der Waals surface area contributed by atoms with E-state index in [0.29, 0.717) is 0 Å². The summed E-state index contributed by atoms with van der Waals surface area (Å²) < 4.78 is 6.66. The first-order valence-corrected chi connectivity index (χ1v) is 11.6. The van der Waals surface area contributed by atoms with Crippen molar-refractivity contribution in [1.82, 2.24) is 0 Å². The van der Waals surface area contributed by atoms with E-state index in [9.17, 15) is 0 Å². The number of hydrogen-bond acceptors (Lipinski definition) is 1. The Morgan fingerprint density at radius 3 is 1.35 bits per heavy atom. The van der Waals surface area contributed by atoms with E-state index < -0.39 is 18.1 Å². The van der Waals surface area contributed by atoms with E-state index >= 15 is 0 Å². The zero-order chi connectivity index (χ0) is 13.3. The van der Waals surface area contributed by atoms with Gasteiger partial charge in [0, 0.05) is 0 Å². The quantitative estimate of drug-likeness (QED) is 0.516. The average Bonchev–Trinajstić information content (AvgIpc) is 2.27. The molecule has 0 radical (unpaired) electrons. The summed E-state index contributed by atoms with van der Waals surface area (Å²) in [4.78, 5) is 0. The van der Waals surface area contributed by atoms with Gasteiger partial charge in [-0.1, -0.05) is 67.2 Å². The Morgan fingerprint density at radius 2 is 1.12 bits per heavy atom. The summed E-state index contributed by atoms with van der Waals surface area (Å²) in [6.45, 7) is 14.1. The molecule has 0 rings (SSSR count). The molecule has 0 aromatic carbocycles. The van der Waals surface area contributed by atoms with Crippen LogP contribution in [0.3, 0.4) is 0 Å². The molecule has 2 atom stereocenters. The second kappa shape index (κ2) is 10.3. The van der Waals surface area contributed by atoms with Crippen molar-refractivity contribution in [3.63, 3.8) is 0 Å². The zero-order valence-corrected chi connectivity index (χ0v) is 15.3. The maximum atomic E-state index is 6.66. The van der Waals surface area contributed by atoms with Crippen LogP contribution in [0.2, 0.25) is 23.2 Å². The minimum atomic E-state index is -0.920. The van der Waals surface area contributed by atoms with Crippen molar-refractivity contribution in [1.29, 1.82) is 0 Å². The highest BCUT2D eigenvalue weighted by Gasteiger charge is 2.23. The molecule has 0 bridgehead atoms. The van der Waals surface area contributed by atoms with Crippen LogP contribution in [-0.2, 0) is 4.12 Å². The molecule has 0 saturated carbocycles. The van der Waals surface area contributed by atoms with Gasteiger partial charge in [-0.2, -0.15) is 0 Å². The van der Waals surface area contributed by atoms with Gasteiger partial charge >= 0.3 is 0 Å². The monoisotopic (exact) mass is 274 g/mol. The van der Waals surface area contributed by atoms with E-state index in [4.69, 9.17) is 4.12 Å². The van der Waals surface area contributed by atoms with Crippen molar-refractivity contribution in [2.24, 2.45) is 0 Å². The Hall–Kier alpha value is 0.394. The molecule has 0 amide bonds. The second-order valence-electron chi connectivity index (χ2n) is 5.99. The topological polar surface area (TPSA) is 9.23 Å². The Labute approximate surface area is 113 Å². The van der Waals surface area contributed by atoms with Crippen LogP contribution in [0.15, 0.2) is 0 Å². The lowest BCUT2D eigenvalue weighted by Crippen LogP contribution is -2.33. The van der Waals surface area contributed by atoms with E-state index in [1.54, 1.807) is 0 Å². The molecule has 0 aliphatic rings. The molecule has 1 nitrogen and oxygen atoms in total. The standard InChI is InChI=1S/C14H34OSi2/c1-7-9-11-16(13(3)4)15-17(14(5)6)12-10-8-2/h13-14,16-17H,7-12H2,1-6H3. The summed E-state index contributed by atoms with van der Waals surface area (Å²) in [6.07, 6.45) is 5.40.